The molecule has 3 heteroatoms. The number of aliphatic hydroxyl groups excluding tert-OH is 1. The van der Waals surface area contributed by atoms with Gasteiger partial charge in [0, 0.05) is 31.5 Å². The van der Waals surface area contributed by atoms with Gasteiger partial charge in [-0.3, -0.25) is 9.69 Å². The third-order valence-corrected chi connectivity index (χ3v) is 11.8. The summed E-state index contributed by atoms with van der Waals surface area (Å²) in [5, 5.41) is 10.3. The minimum atomic E-state index is -0.242. The van der Waals surface area contributed by atoms with E-state index in [9.17, 15) is 9.90 Å². The van der Waals surface area contributed by atoms with Gasteiger partial charge in [0.1, 0.15) is 5.78 Å². The first kappa shape index (κ1) is 20.2. The number of hydrogen-bond donors (Lipinski definition) is 1. The first-order chi connectivity index (χ1) is 14.4. The number of aliphatic hydroxyl groups is 1. The summed E-state index contributed by atoms with van der Waals surface area (Å²) < 4.78 is 0. The Morgan fingerprint density at radius 3 is 2.53 bits per heavy atom. The Bertz CT molecular complexity index is 705. The Hall–Kier alpha value is -0.410. The predicted molar refractivity (Wildman–Crippen MR) is 119 cm³/mol. The number of ketones is 1. The monoisotopic (exact) mass is 413 g/mol. The van der Waals surface area contributed by atoms with Crippen LogP contribution in [0.1, 0.15) is 78.6 Å². The van der Waals surface area contributed by atoms with Crippen molar-refractivity contribution in [1.29, 1.82) is 0 Å². The van der Waals surface area contributed by atoms with Crippen LogP contribution < -0.4 is 0 Å². The molecule has 3 nitrogen and oxygen atoms in total. The van der Waals surface area contributed by atoms with Crippen LogP contribution in [0, 0.1) is 58.7 Å². The molecule has 30 heavy (non-hydrogen) atoms. The van der Waals surface area contributed by atoms with Crippen LogP contribution >= 0.6 is 0 Å². The molecule has 0 spiro atoms. The minimum absolute atomic E-state index is 0.135. The SMILES string of the molecule is C[C@@H]1CC[C@H]2[C@H](C)[C@@H]3CC[C@@H]4[C@@H](C[C@H]5[C@H]4CC(=O)[C@H]4C[C@@H](O)CC[C@@]45C)[C@@H]3CN2C1. The van der Waals surface area contributed by atoms with E-state index in [4.69, 9.17) is 0 Å². The topological polar surface area (TPSA) is 40.5 Å². The zero-order valence-corrected chi connectivity index (χ0v) is 19.4. The molecule has 1 N–H and O–H groups in total. The molecule has 6 rings (SSSR count). The number of carbonyl (C=O) groups is 1. The molecule has 2 heterocycles. The number of hydrogen-bond acceptors (Lipinski definition) is 3. The molecular formula is C27H43NO2. The molecule has 6 aliphatic rings. The van der Waals surface area contributed by atoms with Crippen molar-refractivity contribution >= 4 is 5.78 Å². The van der Waals surface area contributed by atoms with Crippen LogP contribution in [0.2, 0.25) is 0 Å². The zero-order chi connectivity index (χ0) is 20.8. The van der Waals surface area contributed by atoms with Crippen molar-refractivity contribution < 1.29 is 9.90 Å². The molecular weight excluding hydrogens is 370 g/mol. The van der Waals surface area contributed by atoms with E-state index in [-0.39, 0.29) is 17.4 Å². The lowest BCUT2D eigenvalue weighted by molar-refractivity contribution is -0.145. The van der Waals surface area contributed by atoms with E-state index in [0.29, 0.717) is 11.7 Å². The smallest absolute Gasteiger partial charge is 0.136 e. The molecule has 12 atom stereocenters. The van der Waals surface area contributed by atoms with Gasteiger partial charge in [0.05, 0.1) is 6.10 Å². The summed E-state index contributed by atoms with van der Waals surface area (Å²) in [6, 6.07) is 0.839. The number of nitrogens with zero attached hydrogens (tertiary/aromatic N) is 1. The summed E-state index contributed by atoms with van der Waals surface area (Å²) in [5.41, 5.74) is 0.161. The minimum Gasteiger partial charge on any atom is -0.393 e. The van der Waals surface area contributed by atoms with Crippen LogP contribution in [0.3, 0.4) is 0 Å². The standard InChI is InChI=1S/C27H43NO2/c1-15-4-7-25-16(2)18-5-6-19-20(22(18)14-28(25)13-15)11-23-21(19)12-26(30)24-10-17(29)8-9-27(23,24)3/h15-25,29H,4-14H2,1-3H3/t15-,16-,17+,18+,19-,20-,21+,22-,23+,24-,25+,27-/m1/s1. The molecule has 0 aromatic heterocycles. The highest BCUT2D eigenvalue weighted by atomic mass is 16.3. The van der Waals surface area contributed by atoms with E-state index < -0.39 is 0 Å². The maximum atomic E-state index is 13.2. The van der Waals surface area contributed by atoms with Gasteiger partial charge in [0.2, 0.25) is 0 Å². The fourth-order valence-corrected chi connectivity index (χ4v) is 10.3. The number of rotatable bonds is 0. The van der Waals surface area contributed by atoms with Crippen LogP contribution in [0.25, 0.3) is 0 Å². The molecule has 2 aliphatic heterocycles. The fraction of sp³-hybridized carbons (Fsp3) is 0.963. The molecule has 4 aliphatic carbocycles. The summed E-state index contributed by atoms with van der Waals surface area (Å²) in [4.78, 5) is 16.1. The van der Waals surface area contributed by atoms with Crippen LogP contribution in [-0.4, -0.2) is 41.0 Å². The van der Waals surface area contributed by atoms with E-state index in [1.807, 2.05) is 0 Å². The summed E-state index contributed by atoms with van der Waals surface area (Å²) in [6.07, 6.45) is 10.3. The average molecular weight is 414 g/mol. The van der Waals surface area contributed by atoms with Gasteiger partial charge >= 0.3 is 0 Å². The van der Waals surface area contributed by atoms with E-state index in [2.05, 4.69) is 25.7 Å². The molecule has 0 bridgehead atoms. The Kier molecular flexibility index (Phi) is 4.75. The lowest BCUT2D eigenvalue weighted by atomic mass is 9.51. The molecule has 2 saturated heterocycles. The number of fused-ring (bicyclic) bond motifs is 8. The van der Waals surface area contributed by atoms with E-state index >= 15 is 0 Å². The van der Waals surface area contributed by atoms with Crippen LogP contribution in [0.4, 0.5) is 0 Å². The number of carbonyl (C=O) groups excluding carboxylic acids is 1. The maximum absolute atomic E-state index is 13.2. The second kappa shape index (κ2) is 7.04. The highest BCUT2D eigenvalue weighted by Crippen LogP contribution is 2.66. The van der Waals surface area contributed by atoms with Crippen molar-refractivity contribution in [2.75, 3.05) is 13.1 Å². The van der Waals surface area contributed by atoms with Gasteiger partial charge in [-0.05, 0) is 104 Å². The largest absolute Gasteiger partial charge is 0.393 e. The van der Waals surface area contributed by atoms with Crippen molar-refractivity contribution in [3.05, 3.63) is 0 Å². The van der Waals surface area contributed by atoms with Gasteiger partial charge in [-0.2, -0.15) is 0 Å². The van der Waals surface area contributed by atoms with Crippen LogP contribution in [0.5, 0.6) is 0 Å². The lowest BCUT2D eigenvalue weighted by Crippen LogP contribution is -2.58. The molecule has 0 amide bonds. The fourth-order valence-electron chi connectivity index (χ4n) is 10.3. The van der Waals surface area contributed by atoms with E-state index in [0.717, 1.165) is 73.2 Å². The molecule has 0 aromatic carbocycles. The number of piperidine rings is 2. The average Bonchev–Trinajstić information content (AvgIpc) is 3.09. The highest BCUT2D eigenvalue weighted by molar-refractivity contribution is 5.83. The molecule has 0 unspecified atom stereocenters. The lowest BCUT2D eigenvalue weighted by Gasteiger charge is -2.56. The second-order valence-corrected chi connectivity index (χ2v) is 13.0. The van der Waals surface area contributed by atoms with Crippen molar-refractivity contribution in [1.82, 2.24) is 4.90 Å². The van der Waals surface area contributed by atoms with Gasteiger partial charge in [-0.1, -0.05) is 20.8 Å². The normalized spacial score (nSPS) is 58.3. The van der Waals surface area contributed by atoms with Gasteiger partial charge in [-0.15, -0.1) is 0 Å². The van der Waals surface area contributed by atoms with Crippen molar-refractivity contribution in [3.8, 4) is 0 Å². The maximum Gasteiger partial charge on any atom is 0.136 e. The Morgan fingerprint density at radius 1 is 0.900 bits per heavy atom. The second-order valence-electron chi connectivity index (χ2n) is 13.0. The van der Waals surface area contributed by atoms with Crippen LogP contribution in [0.15, 0.2) is 0 Å². The number of Topliss-reactive ketones (excluding diaryl/α,β-unsaturated/α-hetero) is 1. The molecule has 0 aromatic rings. The third-order valence-electron chi connectivity index (χ3n) is 11.8. The van der Waals surface area contributed by atoms with E-state index in [1.165, 1.54) is 45.2 Å². The first-order valence-electron chi connectivity index (χ1n) is 13.3. The Balaban J connectivity index is 1.28. The Morgan fingerprint density at radius 2 is 1.70 bits per heavy atom. The molecule has 0 radical (unpaired) electrons. The van der Waals surface area contributed by atoms with Gasteiger partial charge in [0.25, 0.3) is 0 Å². The van der Waals surface area contributed by atoms with E-state index in [1.54, 1.807) is 0 Å². The zero-order valence-electron chi connectivity index (χ0n) is 19.4. The third kappa shape index (κ3) is 2.79. The summed E-state index contributed by atoms with van der Waals surface area (Å²) in [7, 11) is 0. The molecule has 4 saturated carbocycles. The first-order valence-corrected chi connectivity index (χ1v) is 13.3. The summed E-state index contributed by atoms with van der Waals surface area (Å²) in [6.45, 7) is 10.1. The van der Waals surface area contributed by atoms with Gasteiger partial charge in [0.15, 0.2) is 0 Å². The van der Waals surface area contributed by atoms with Gasteiger partial charge < -0.3 is 5.11 Å². The van der Waals surface area contributed by atoms with Crippen molar-refractivity contribution in [2.45, 2.75) is 90.7 Å². The van der Waals surface area contributed by atoms with Crippen LogP contribution in [-0.2, 0) is 4.79 Å². The van der Waals surface area contributed by atoms with Crippen molar-refractivity contribution in [3.63, 3.8) is 0 Å². The quantitative estimate of drug-likeness (QED) is 0.622. The summed E-state index contributed by atoms with van der Waals surface area (Å²) in [5.74, 6) is 7.19. The molecule has 6 fully saturated rings. The van der Waals surface area contributed by atoms with Gasteiger partial charge in [-0.25, -0.2) is 0 Å². The molecule has 168 valence electrons. The van der Waals surface area contributed by atoms with Crippen molar-refractivity contribution in [2.24, 2.45) is 58.7 Å². The Labute approximate surface area is 183 Å². The predicted octanol–water partition coefficient (Wildman–Crippen LogP) is 4.77. The highest BCUT2D eigenvalue weighted by Gasteiger charge is 2.62. The summed E-state index contributed by atoms with van der Waals surface area (Å²) >= 11 is 0.